The van der Waals surface area contributed by atoms with Crippen molar-refractivity contribution in [3.63, 3.8) is 0 Å². The van der Waals surface area contributed by atoms with Crippen molar-refractivity contribution in [2.24, 2.45) is 0 Å². The van der Waals surface area contributed by atoms with E-state index in [1.807, 2.05) is 18.2 Å². The molecule has 1 aromatic carbocycles. The van der Waals surface area contributed by atoms with E-state index in [0.29, 0.717) is 5.82 Å². The van der Waals surface area contributed by atoms with Crippen LogP contribution in [0.3, 0.4) is 0 Å². The summed E-state index contributed by atoms with van der Waals surface area (Å²) >= 11 is 6.95. The van der Waals surface area contributed by atoms with Gasteiger partial charge in [-0.2, -0.15) is 0 Å². The van der Waals surface area contributed by atoms with Crippen molar-refractivity contribution in [2.75, 3.05) is 11.1 Å². The van der Waals surface area contributed by atoms with Crippen LogP contribution in [0.5, 0.6) is 0 Å². The molecule has 0 atom stereocenters. The summed E-state index contributed by atoms with van der Waals surface area (Å²) in [6.45, 7) is 2.10. The molecule has 0 radical (unpaired) electrons. The quantitative estimate of drug-likeness (QED) is 0.824. The topological polar surface area (TPSA) is 63.8 Å². The summed E-state index contributed by atoms with van der Waals surface area (Å²) in [5.41, 5.74) is 7.81. The minimum absolute atomic E-state index is 0.535. The van der Waals surface area contributed by atoms with E-state index in [1.54, 1.807) is 0 Å². The van der Waals surface area contributed by atoms with Crippen LogP contribution in [0.4, 0.5) is 17.3 Å². The first-order valence-corrected chi connectivity index (χ1v) is 7.51. The molecule has 0 saturated heterocycles. The molecule has 0 aliphatic heterocycles. The van der Waals surface area contributed by atoms with Crippen molar-refractivity contribution in [2.45, 2.75) is 19.8 Å². The lowest BCUT2D eigenvalue weighted by Gasteiger charge is -2.13. The predicted octanol–water partition coefficient (Wildman–Crippen LogP) is 4.28. The van der Waals surface area contributed by atoms with Crippen molar-refractivity contribution >= 4 is 49.2 Å². The number of benzene rings is 1. The molecule has 0 fully saturated rings. The van der Waals surface area contributed by atoms with Gasteiger partial charge in [0.25, 0.3) is 0 Å². The molecular formula is C13H14Br2N4. The average molecular weight is 386 g/mol. The number of hydrogen-bond acceptors (Lipinski definition) is 4. The molecule has 1 heterocycles. The highest BCUT2D eigenvalue weighted by Gasteiger charge is 2.10. The van der Waals surface area contributed by atoms with Gasteiger partial charge in [-0.3, -0.25) is 0 Å². The molecule has 0 spiro atoms. The van der Waals surface area contributed by atoms with Gasteiger partial charge in [0, 0.05) is 14.5 Å². The fraction of sp³-hybridized carbons (Fsp3) is 0.231. The molecule has 0 aliphatic rings. The van der Waals surface area contributed by atoms with Gasteiger partial charge in [0.1, 0.15) is 18.0 Å². The molecule has 0 aliphatic carbocycles. The van der Waals surface area contributed by atoms with Crippen LogP contribution in [0.25, 0.3) is 0 Å². The third-order valence-corrected chi connectivity index (χ3v) is 3.81. The molecule has 6 heteroatoms. The molecule has 2 rings (SSSR count). The first-order valence-electron chi connectivity index (χ1n) is 5.93. The number of aromatic nitrogens is 2. The Morgan fingerprint density at radius 1 is 1.26 bits per heavy atom. The van der Waals surface area contributed by atoms with E-state index in [1.165, 1.54) is 6.33 Å². The first kappa shape index (κ1) is 14.3. The molecule has 19 heavy (non-hydrogen) atoms. The zero-order chi connectivity index (χ0) is 13.8. The summed E-state index contributed by atoms with van der Waals surface area (Å²) in [4.78, 5) is 8.33. The van der Waals surface area contributed by atoms with E-state index in [4.69, 9.17) is 5.73 Å². The minimum atomic E-state index is 0.535. The van der Waals surface area contributed by atoms with Crippen molar-refractivity contribution in [3.05, 3.63) is 39.0 Å². The van der Waals surface area contributed by atoms with E-state index in [-0.39, 0.29) is 0 Å². The van der Waals surface area contributed by atoms with Gasteiger partial charge in [-0.25, -0.2) is 9.97 Å². The van der Waals surface area contributed by atoms with E-state index in [2.05, 4.69) is 54.1 Å². The van der Waals surface area contributed by atoms with Crippen LogP contribution in [0.2, 0.25) is 0 Å². The summed E-state index contributed by atoms with van der Waals surface area (Å²) in [5, 5.41) is 3.29. The Labute approximate surface area is 129 Å². The molecule has 100 valence electrons. The molecule has 0 unspecified atom stereocenters. The highest BCUT2D eigenvalue weighted by atomic mass is 79.9. The van der Waals surface area contributed by atoms with Crippen LogP contribution in [0, 0.1) is 0 Å². The molecule has 2 aromatic rings. The van der Waals surface area contributed by atoms with Gasteiger partial charge in [0.15, 0.2) is 0 Å². The second-order valence-electron chi connectivity index (χ2n) is 4.09. The van der Waals surface area contributed by atoms with E-state index < -0.39 is 0 Å². The SMILES string of the molecule is CCCc1c(N)ncnc1Nc1ccc(Br)cc1Br. The first-order chi connectivity index (χ1) is 9.11. The van der Waals surface area contributed by atoms with Crippen LogP contribution in [0.15, 0.2) is 33.5 Å². The van der Waals surface area contributed by atoms with E-state index >= 15 is 0 Å². The van der Waals surface area contributed by atoms with Gasteiger partial charge in [-0.15, -0.1) is 0 Å². The number of nitrogens with two attached hydrogens (primary N) is 1. The Balaban J connectivity index is 2.35. The number of nitrogens with zero attached hydrogens (tertiary/aromatic N) is 2. The van der Waals surface area contributed by atoms with Crippen LogP contribution < -0.4 is 11.1 Å². The molecular weight excluding hydrogens is 372 g/mol. The highest BCUT2D eigenvalue weighted by Crippen LogP contribution is 2.30. The van der Waals surface area contributed by atoms with Gasteiger partial charge in [0.2, 0.25) is 0 Å². The smallest absolute Gasteiger partial charge is 0.139 e. The van der Waals surface area contributed by atoms with Crippen molar-refractivity contribution < 1.29 is 0 Å². The fourth-order valence-corrected chi connectivity index (χ4v) is 2.89. The zero-order valence-electron chi connectivity index (χ0n) is 10.5. The third kappa shape index (κ3) is 3.45. The Kier molecular flexibility index (Phi) is 4.76. The van der Waals surface area contributed by atoms with Gasteiger partial charge in [0.05, 0.1) is 5.69 Å². The van der Waals surface area contributed by atoms with Gasteiger partial charge in [-0.1, -0.05) is 29.3 Å². The Morgan fingerprint density at radius 2 is 2.05 bits per heavy atom. The Morgan fingerprint density at radius 3 is 2.74 bits per heavy atom. The van der Waals surface area contributed by atoms with Crippen LogP contribution in [0.1, 0.15) is 18.9 Å². The molecule has 0 saturated carbocycles. The maximum absolute atomic E-state index is 5.91. The standard InChI is InChI=1S/C13H14Br2N4/c1-2-3-9-12(16)17-7-18-13(9)19-11-5-4-8(14)6-10(11)15/h4-7H,2-3H2,1H3,(H3,16,17,18,19). The number of hydrogen-bond donors (Lipinski definition) is 2. The molecule has 4 nitrogen and oxygen atoms in total. The fourth-order valence-electron chi connectivity index (χ4n) is 1.75. The number of halogens is 2. The predicted molar refractivity (Wildman–Crippen MR) is 85.6 cm³/mol. The van der Waals surface area contributed by atoms with Crippen molar-refractivity contribution in [1.82, 2.24) is 9.97 Å². The molecule has 0 bridgehead atoms. The maximum atomic E-state index is 5.91. The molecule has 0 amide bonds. The maximum Gasteiger partial charge on any atom is 0.139 e. The number of rotatable bonds is 4. The molecule has 1 aromatic heterocycles. The Hall–Kier alpha value is -1.14. The van der Waals surface area contributed by atoms with Crippen molar-refractivity contribution in [3.8, 4) is 0 Å². The summed E-state index contributed by atoms with van der Waals surface area (Å²) in [6.07, 6.45) is 3.32. The Bertz CT molecular complexity index is 587. The largest absolute Gasteiger partial charge is 0.383 e. The highest BCUT2D eigenvalue weighted by molar-refractivity contribution is 9.11. The third-order valence-electron chi connectivity index (χ3n) is 2.66. The monoisotopic (exact) mass is 384 g/mol. The van der Waals surface area contributed by atoms with Crippen LogP contribution >= 0.6 is 31.9 Å². The lowest BCUT2D eigenvalue weighted by molar-refractivity contribution is 0.908. The summed E-state index contributed by atoms with van der Waals surface area (Å²) in [6, 6.07) is 5.92. The zero-order valence-corrected chi connectivity index (χ0v) is 13.6. The lowest BCUT2D eigenvalue weighted by atomic mass is 10.1. The van der Waals surface area contributed by atoms with Gasteiger partial charge >= 0.3 is 0 Å². The summed E-state index contributed by atoms with van der Waals surface area (Å²) < 4.78 is 1.97. The normalized spacial score (nSPS) is 10.5. The average Bonchev–Trinajstić information content (AvgIpc) is 2.37. The summed E-state index contributed by atoms with van der Waals surface area (Å²) in [5.74, 6) is 1.30. The lowest BCUT2D eigenvalue weighted by Crippen LogP contribution is -2.05. The van der Waals surface area contributed by atoms with E-state index in [9.17, 15) is 0 Å². The van der Waals surface area contributed by atoms with Gasteiger partial charge in [-0.05, 0) is 40.5 Å². The van der Waals surface area contributed by atoms with E-state index in [0.717, 1.165) is 38.9 Å². The minimum Gasteiger partial charge on any atom is -0.383 e. The number of anilines is 3. The summed E-state index contributed by atoms with van der Waals surface area (Å²) in [7, 11) is 0. The van der Waals surface area contributed by atoms with Crippen LogP contribution in [-0.4, -0.2) is 9.97 Å². The molecule has 3 N–H and O–H groups in total. The second kappa shape index (κ2) is 6.34. The van der Waals surface area contributed by atoms with Crippen LogP contribution in [-0.2, 0) is 6.42 Å². The second-order valence-corrected chi connectivity index (χ2v) is 5.86. The van der Waals surface area contributed by atoms with Gasteiger partial charge < -0.3 is 11.1 Å². The number of nitrogens with one attached hydrogen (secondary N) is 1. The van der Waals surface area contributed by atoms with Crippen molar-refractivity contribution in [1.29, 1.82) is 0 Å². The number of nitrogen functional groups attached to an aromatic ring is 1.